The molecule has 0 unspecified atom stereocenters. The summed E-state index contributed by atoms with van der Waals surface area (Å²) in [5.41, 5.74) is 4.29. The largest absolute Gasteiger partial charge is 0.449 e. The maximum absolute atomic E-state index is 5.55. The SMILES string of the molecule is Cc1ccc2oc3cnnc-3nc2c1.c1ccc2oc3cnnc-3nc2c1. The number of nitrogens with zero attached hydrogens (tertiary/aromatic N) is 6. The molecule has 4 aliphatic rings. The monoisotopic (exact) mass is 356 g/mol. The second kappa shape index (κ2) is 6.10. The van der Waals surface area contributed by atoms with Gasteiger partial charge in [-0.05, 0) is 36.8 Å². The molecular formula is C19H12N6O2. The molecule has 8 heteroatoms. The van der Waals surface area contributed by atoms with Gasteiger partial charge in [0.1, 0.15) is 11.0 Å². The van der Waals surface area contributed by atoms with Crippen molar-refractivity contribution in [2.24, 2.45) is 0 Å². The Bertz CT molecular complexity index is 1260. The highest BCUT2D eigenvalue weighted by Gasteiger charge is 2.11. The summed E-state index contributed by atoms with van der Waals surface area (Å²) in [4.78, 5) is 8.60. The van der Waals surface area contributed by atoms with Crippen molar-refractivity contribution in [3.05, 3.63) is 60.4 Å². The van der Waals surface area contributed by atoms with Gasteiger partial charge >= 0.3 is 0 Å². The van der Waals surface area contributed by atoms with Crippen LogP contribution in [0.5, 0.6) is 0 Å². The second-order valence-corrected chi connectivity index (χ2v) is 5.93. The molecule has 2 aromatic rings. The molecule has 0 saturated carbocycles. The lowest BCUT2D eigenvalue weighted by molar-refractivity contribution is 0.613. The van der Waals surface area contributed by atoms with Crippen molar-refractivity contribution in [2.45, 2.75) is 6.92 Å². The van der Waals surface area contributed by atoms with Crippen LogP contribution in [0.2, 0.25) is 0 Å². The molecule has 0 N–H and O–H groups in total. The molecule has 27 heavy (non-hydrogen) atoms. The molecule has 0 bridgehead atoms. The Hall–Kier alpha value is -3.94. The summed E-state index contributed by atoms with van der Waals surface area (Å²) in [6.07, 6.45) is 3.14. The Morgan fingerprint density at radius 3 is 2.07 bits per heavy atom. The van der Waals surface area contributed by atoms with Gasteiger partial charge in [0.05, 0.1) is 12.4 Å². The van der Waals surface area contributed by atoms with Crippen molar-refractivity contribution in [3.8, 4) is 23.2 Å². The van der Waals surface area contributed by atoms with Crippen molar-refractivity contribution in [1.82, 2.24) is 30.4 Å². The molecule has 0 aromatic heterocycles. The molecule has 0 saturated heterocycles. The van der Waals surface area contributed by atoms with Crippen molar-refractivity contribution in [1.29, 1.82) is 0 Å². The van der Waals surface area contributed by atoms with E-state index in [0.717, 1.165) is 27.8 Å². The number of hydrogen-bond donors (Lipinski definition) is 0. The number of aryl methyl sites for hydroxylation is 1. The molecule has 0 aliphatic carbocycles. The average Bonchev–Trinajstić information content (AvgIpc) is 3.33. The van der Waals surface area contributed by atoms with E-state index in [1.807, 2.05) is 49.4 Å². The Morgan fingerprint density at radius 2 is 1.33 bits per heavy atom. The molecule has 0 atom stereocenters. The lowest BCUT2D eigenvalue weighted by Gasteiger charge is -2.00. The van der Waals surface area contributed by atoms with Crippen LogP contribution in [0.3, 0.4) is 0 Å². The number of aromatic nitrogens is 6. The molecule has 0 spiro atoms. The average molecular weight is 356 g/mol. The summed E-state index contributed by atoms with van der Waals surface area (Å²) >= 11 is 0. The molecule has 0 fully saturated rings. The maximum atomic E-state index is 5.55. The Balaban J connectivity index is 0.000000119. The number of hydrogen-bond acceptors (Lipinski definition) is 8. The van der Waals surface area contributed by atoms with E-state index in [4.69, 9.17) is 8.83 Å². The fourth-order valence-corrected chi connectivity index (χ4v) is 2.69. The minimum absolute atomic E-state index is 0.554. The number of fused-ring (bicyclic) bond motifs is 4. The minimum atomic E-state index is 0.554. The topological polar surface area (TPSA) is 104 Å². The van der Waals surface area contributed by atoms with Gasteiger partial charge in [-0.2, -0.15) is 10.2 Å². The normalized spacial score (nSPS) is 11.1. The third kappa shape index (κ3) is 2.82. The van der Waals surface area contributed by atoms with E-state index < -0.39 is 0 Å². The van der Waals surface area contributed by atoms with E-state index in [0.29, 0.717) is 23.2 Å². The van der Waals surface area contributed by atoms with Crippen LogP contribution in [0.4, 0.5) is 0 Å². The molecule has 4 heterocycles. The van der Waals surface area contributed by atoms with Crippen molar-refractivity contribution < 1.29 is 8.83 Å². The van der Waals surface area contributed by atoms with Crippen LogP contribution in [0.25, 0.3) is 45.4 Å². The zero-order valence-corrected chi connectivity index (χ0v) is 14.2. The molecule has 6 rings (SSSR count). The van der Waals surface area contributed by atoms with Gasteiger partial charge in [-0.25, -0.2) is 9.97 Å². The first-order chi connectivity index (χ1) is 13.3. The summed E-state index contributed by atoms with van der Waals surface area (Å²) in [7, 11) is 0. The van der Waals surface area contributed by atoms with Crippen molar-refractivity contribution in [2.75, 3.05) is 0 Å². The highest BCUT2D eigenvalue weighted by atomic mass is 16.3. The highest BCUT2D eigenvalue weighted by Crippen LogP contribution is 2.23. The summed E-state index contributed by atoms with van der Waals surface area (Å²) < 4.78 is 11.1. The fraction of sp³-hybridized carbons (Fsp3) is 0.0526. The summed E-state index contributed by atoms with van der Waals surface area (Å²) in [6.45, 7) is 2.02. The molecular weight excluding hydrogens is 344 g/mol. The smallest absolute Gasteiger partial charge is 0.219 e. The molecule has 4 aliphatic heterocycles. The predicted octanol–water partition coefficient (Wildman–Crippen LogP) is 3.75. The lowest BCUT2D eigenvalue weighted by Crippen LogP contribution is -1.86. The van der Waals surface area contributed by atoms with E-state index in [1.165, 1.54) is 0 Å². The quantitative estimate of drug-likeness (QED) is 0.405. The zero-order chi connectivity index (χ0) is 18.2. The van der Waals surface area contributed by atoms with E-state index in [2.05, 4.69) is 30.4 Å². The van der Waals surface area contributed by atoms with Gasteiger partial charge in [0.15, 0.2) is 22.7 Å². The van der Waals surface area contributed by atoms with E-state index in [-0.39, 0.29) is 0 Å². The van der Waals surface area contributed by atoms with Crippen molar-refractivity contribution >= 4 is 22.2 Å². The first-order valence-electron chi connectivity index (χ1n) is 8.22. The van der Waals surface area contributed by atoms with Crippen molar-refractivity contribution in [3.63, 3.8) is 0 Å². The molecule has 2 aromatic carbocycles. The first-order valence-corrected chi connectivity index (χ1v) is 8.22. The standard InChI is InChI=1S/C10H7N3O.C9H5N3O/c1-6-2-3-8-7(4-6)12-10-9(14-8)5-11-13-10;1-2-4-7-6(3-1)11-9-8(13-7)5-10-12-9/h2-5H,1H3;1-5H. The van der Waals surface area contributed by atoms with Gasteiger partial charge in [0.25, 0.3) is 0 Å². The van der Waals surface area contributed by atoms with Gasteiger partial charge in [-0.3, -0.25) is 0 Å². The van der Waals surface area contributed by atoms with E-state index in [9.17, 15) is 0 Å². The highest BCUT2D eigenvalue weighted by molar-refractivity contribution is 5.76. The van der Waals surface area contributed by atoms with Gasteiger partial charge < -0.3 is 8.83 Å². The molecule has 0 amide bonds. The summed E-state index contributed by atoms with van der Waals surface area (Å²) in [5.74, 6) is 2.36. The van der Waals surface area contributed by atoms with Crippen LogP contribution in [-0.4, -0.2) is 30.4 Å². The van der Waals surface area contributed by atoms with Gasteiger partial charge in [-0.1, -0.05) is 18.2 Å². The summed E-state index contributed by atoms with van der Waals surface area (Å²) in [6, 6.07) is 13.4. The van der Waals surface area contributed by atoms with Crippen LogP contribution in [0.15, 0.2) is 63.7 Å². The van der Waals surface area contributed by atoms with Crippen LogP contribution < -0.4 is 0 Å². The van der Waals surface area contributed by atoms with Gasteiger partial charge in [-0.15, -0.1) is 10.2 Å². The minimum Gasteiger partial charge on any atom is -0.449 e. The fourth-order valence-electron chi connectivity index (χ4n) is 2.69. The number of para-hydroxylation sites is 2. The molecule has 130 valence electrons. The first kappa shape index (κ1) is 15.3. The second-order valence-electron chi connectivity index (χ2n) is 5.93. The van der Waals surface area contributed by atoms with E-state index >= 15 is 0 Å². The van der Waals surface area contributed by atoms with Gasteiger partial charge in [0, 0.05) is 0 Å². The van der Waals surface area contributed by atoms with Crippen LogP contribution in [0.1, 0.15) is 5.56 Å². The summed E-state index contributed by atoms with van der Waals surface area (Å²) in [5, 5.41) is 15.1. The third-order valence-corrected chi connectivity index (χ3v) is 3.97. The lowest BCUT2D eigenvalue weighted by atomic mass is 10.2. The van der Waals surface area contributed by atoms with Crippen LogP contribution in [0, 0.1) is 6.92 Å². The van der Waals surface area contributed by atoms with E-state index in [1.54, 1.807) is 12.4 Å². The number of rotatable bonds is 0. The number of benzene rings is 2. The Morgan fingerprint density at radius 1 is 0.704 bits per heavy atom. The maximum Gasteiger partial charge on any atom is 0.219 e. The van der Waals surface area contributed by atoms with Crippen LogP contribution in [-0.2, 0) is 0 Å². The van der Waals surface area contributed by atoms with Gasteiger partial charge in [0.2, 0.25) is 11.6 Å². The third-order valence-electron chi connectivity index (χ3n) is 3.97. The van der Waals surface area contributed by atoms with Crippen LogP contribution >= 0.6 is 0 Å². The molecule has 8 nitrogen and oxygen atoms in total. The Labute approximate surface area is 152 Å². The zero-order valence-electron chi connectivity index (χ0n) is 14.2. The Kier molecular flexibility index (Phi) is 3.46. The predicted molar refractivity (Wildman–Crippen MR) is 97.2 cm³/mol. The molecule has 0 radical (unpaired) electrons.